The van der Waals surface area contributed by atoms with Crippen molar-refractivity contribution in [3.63, 3.8) is 0 Å². The minimum Gasteiger partial charge on any atom is -0.497 e. The Kier molecular flexibility index (Phi) is 6.90. The number of ether oxygens (including phenoxy) is 2. The number of esters is 1. The van der Waals surface area contributed by atoms with Crippen LogP contribution in [0.2, 0.25) is 0 Å². The van der Waals surface area contributed by atoms with Crippen LogP contribution in [0.15, 0.2) is 30.3 Å². The second kappa shape index (κ2) is 9.87. The number of nitrogens with one attached hydrogen (secondary N) is 1. The van der Waals surface area contributed by atoms with E-state index in [1.165, 1.54) is 42.0 Å². The van der Waals surface area contributed by atoms with E-state index in [1.807, 2.05) is 0 Å². The van der Waals surface area contributed by atoms with Gasteiger partial charge in [-0.15, -0.1) is 0 Å². The number of hydrogen-bond donors (Lipinski definition) is 1. The van der Waals surface area contributed by atoms with Gasteiger partial charge in [-0.2, -0.15) is 5.10 Å². The van der Waals surface area contributed by atoms with Gasteiger partial charge in [-0.1, -0.05) is 32.1 Å². The molecule has 0 spiro atoms. The lowest BCUT2D eigenvalue weighted by Crippen LogP contribution is -2.65. The number of amides is 2. The van der Waals surface area contributed by atoms with Gasteiger partial charge in [0.2, 0.25) is 5.91 Å². The minimum atomic E-state index is -1.25. The molecule has 4 rings (SSSR count). The molecular formula is C25H32N4O5. The Labute approximate surface area is 199 Å². The number of aromatic nitrogens is 2. The van der Waals surface area contributed by atoms with Crippen LogP contribution in [0.4, 0.5) is 5.69 Å². The normalized spacial score (nSPS) is 21.3. The first-order chi connectivity index (χ1) is 16.4. The highest BCUT2D eigenvalue weighted by Gasteiger charge is 2.49. The molecular weight excluding hydrogens is 436 g/mol. The maximum absolute atomic E-state index is 13.8. The van der Waals surface area contributed by atoms with E-state index in [9.17, 15) is 14.4 Å². The molecule has 9 heteroatoms. The molecule has 0 saturated heterocycles. The molecule has 2 heterocycles. The molecule has 1 aliphatic heterocycles. The molecule has 0 bridgehead atoms. The standard InChI is InChI=1S/C25H32N4O5/c1-25(24(32)26-17-9-7-5-4-6-8-10-17)16-28-21(15-20(27-28)23(31)34-3)22(30)29(25)18-11-13-19(33-2)14-12-18/h11-15,17H,4-10,16H2,1-3H3,(H,26,32). The smallest absolute Gasteiger partial charge is 0.358 e. The average Bonchev–Trinajstić information content (AvgIpc) is 3.24. The Morgan fingerprint density at radius 1 is 1.06 bits per heavy atom. The van der Waals surface area contributed by atoms with Crippen molar-refractivity contribution in [1.29, 1.82) is 0 Å². The van der Waals surface area contributed by atoms with Crippen LogP contribution in [0.5, 0.6) is 5.75 Å². The summed E-state index contributed by atoms with van der Waals surface area (Å²) in [5.41, 5.74) is -0.425. The highest BCUT2D eigenvalue weighted by atomic mass is 16.5. The zero-order valence-electron chi connectivity index (χ0n) is 20.0. The summed E-state index contributed by atoms with van der Waals surface area (Å²) in [5.74, 6) is -0.629. The van der Waals surface area contributed by atoms with Crippen molar-refractivity contribution in [1.82, 2.24) is 15.1 Å². The van der Waals surface area contributed by atoms with Crippen molar-refractivity contribution in [2.75, 3.05) is 19.1 Å². The van der Waals surface area contributed by atoms with E-state index >= 15 is 0 Å². The number of carbonyl (C=O) groups is 3. The Morgan fingerprint density at radius 3 is 2.32 bits per heavy atom. The van der Waals surface area contributed by atoms with E-state index in [-0.39, 0.29) is 29.9 Å². The lowest BCUT2D eigenvalue weighted by atomic mass is 9.91. The van der Waals surface area contributed by atoms with Gasteiger partial charge in [-0.25, -0.2) is 4.79 Å². The molecule has 1 fully saturated rings. The van der Waals surface area contributed by atoms with Crippen LogP contribution >= 0.6 is 0 Å². The van der Waals surface area contributed by atoms with Gasteiger partial charge in [-0.05, 0) is 44.0 Å². The summed E-state index contributed by atoms with van der Waals surface area (Å²) in [6, 6.07) is 8.50. The van der Waals surface area contributed by atoms with Gasteiger partial charge in [0.25, 0.3) is 5.91 Å². The number of fused-ring (bicyclic) bond motifs is 1. The van der Waals surface area contributed by atoms with Gasteiger partial charge in [0, 0.05) is 17.8 Å². The van der Waals surface area contributed by atoms with Gasteiger partial charge in [0.1, 0.15) is 17.0 Å². The summed E-state index contributed by atoms with van der Waals surface area (Å²) in [4.78, 5) is 41.1. The summed E-state index contributed by atoms with van der Waals surface area (Å²) >= 11 is 0. The zero-order chi connectivity index (χ0) is 24.3. The van der Waals surface area contributed by atoms with Crippen molar-refractivity contribution in [2.24, 2.45) is 0 Å². The Balaban J connectivity index is 1.71. The summed E-state index contributed by atoms with van der Waals surface area (Å²) in [6.07, 6.45) is 7.60. The molecule has 0 radical (unpaired) electrons. The maximum atomic E-state index is 13.8. The number of hydrogen-bond acceptors (Lipinski definition) is 6. The van der Waals surface area contributed by atoms with Gasteiger partial charge in [-0.3, -0.25) is 19.2 Å². The van der Waals surface area contributed by atoms with Gasteiger partial charge in [0.05, 0.1) is 20.8 Å². The average molecular weight is 469 g/mol. The molecule has 1 N–H and O–H groups in total. The molecule has 1 aromatic heterocycles. The lowest BCUT2D eigenvalue weighted by molar-refractivity contribution is -0.127. The molecule has 182 valence electrons. The monoisotopic (exact) mass is 468 g/mol. The van der Waals surface area contributed by atoms with Crippen molar-refractivity contribution < 1.29 is 23.9 Å². The van der Waals surface area contributed by atoms with Crippen molar-refractivity contribution in [3.05, 3.63) is 41.7 Å². The largest absolute Gasteiger partial charge is 0.497 e. The topological polar surface area (TPSA) is 103 Å². The molecule has 1 aliphatic carbocycles. The second-order valence-corrected chi connectivity index (χ2v) is 9.19. The third-order valence-corrected chi connectivity index (χ3v) is 6.81. The SMILES string of the molecule is COC(=O)c1cc2n(n1)CC(C)(C(=O)NC1CCCCCCC1)N(c1ccc(OC)cc1)C2=O. The minimum absolute atomic E-state index is 0.0326. The molecule has 1 aromatic carbocycles. The van der Waals surface area contributed by atoms with Crippen molar-refractivity contribution in [3.8, 4) is 5.75 Å². The number of nitrogens with zero attached hydrogens (tertiary/aromatic N) is 3. The van der Waals surface area contributed by atoms with Crippen LogP contribution < -0.4 is 15.0 Å². The molecule has 2 amide bonds. The van der Waals surface area contributed by atoms with E-state index in [1.54, 1.807) is 38.3 Å². The predicted octanol–water partition coefficient (Wildman–Crippen LogP) is 3.33. The third kappa shape index (κ3) is 4.51. The van der Waals surface area contributed by atoms with Crippen LogP contribution in [0.1, 0.15) is 72.8 Å². The highest BCUT2D eigenvalue weighted by Crippen LogP contribution is 2.34. The number of rotatable bonds is 5. The fourth-order valence-electron chi connectivity index (χ4n) is 4.86. The second-order valence-electron chi connectivity index (χ2n) is 9.19. The summed E-state index contributed by atoms with van der Waals surface area (Å²) in [6.45, 7) is 1.85. The van der Waals surface area contributed by atoms with Crippen molar-refractivity contribution >= 4 is 23.5 Å². The predicted molar refractivity (Wildman–Crippen MR) is 126 cm³/mol. The van der Waals surface area contributed by atoms with Crippen LogP contribution in [0.25, 0.3) is 0 Å². The van der Waals surface area contributed by atoms with Gasteiger partial charge < -0.3 is 14.8 Å². The summed E-state index contributed by atoms with van der Waals surface area (Å²) < 4.78 is 11.5. The van der Waals surface area contributed by atoms with Gasteiger partial charge in [0.15, 0.2) is 5.69 Å². The first-order valence-corrected chi connectivity index (χ1v) is 11.8. The molecule has 2 aromatic rings. The highest BCUT2D eigenvalue weighted by molar-refractivity contribution is 6.12. The van der Waals surface area contributed by atoms with Crippen molar-refractivity contribution in [2.45, 2.75) is 70.0 Å². The Hall–Kier alpha value is -3.36. The van der Waals surface area contributed by atoms with Crippen LogP contribution in [0.3, 0.4) is 0 Å². The van der Waals surface area contributed by atoms with Gasteiger partial charge >= 0.3 is 5.97 Å². The number of methoxy groups -OCH3 is 2. The van der Waals surface area contributed by atoms with E-state index < -0.39 is 17.4 Å². The lowest BCUT2D eigenvalue weighted by Gasteiger charge is -2.43. The number of benzene rings is 1. The van der Waals surface area contributed by atoms with Crippen LogP contribution in [-0.4, -0.2) is 53.4 Å². The summed E-state index contributed by atoms with van der Waals surface area (Å²) in [7, 11) is 2.83. The Bertz CT molecular complexity index is 1060. The van der Waals surface area contributed by atoms with E-state index in [0.717, 1.165) is 25.7 Å². The fourth-order valence-corrected chi connectivity index (χ4v) is 4.86. The molecule has 9 nitrogen and oxygen atoms in total. The number of anilines is 1. The van der Waals surface area contributed by atoms with E-state index in [0.29, 0.717) is 11.4 Å². The summed E-state index contributed by atoms with van der Waals surface area (Å²) in [5, 5.41) is 7.50. The quantitative estimate of drug-likeness (QED) is 0.676. The maximum Gasteiger partial charge on any atom is 0.358 e. The fraction of sp³-hybridized carbons (Fsp3) is 0.520. The Morgan fingerprint density at radius 2 is 1.71 bits per heavy atom. The first-order valence-electron chi connectivity index (χ1n) is 11.8. The molecule has 2 aliphatic rings. The molecule has 34 heavy (non-hydrogen) atoms. The number of carbonyl (C=O) groups excluding carboxylic acids is 3. The van der Waals surface area contributed by atoms with Crippen LogP contribution in [0, 0.1) is 0 Å². The molecule has 1 saturated carbocycles. The van der Waals surface area contributed by atoms with Crippen LogP contribution in [-0.2, 0) is 16.1 Å². The zero-order valence-corrected chi connectivity index (χ0v) is 20.0. The molecule has 1 atom stereocenters. The van der Waals surface area contributed by atoms with E-state index in [4.69, 9.17) is 9.47 Å². The third-order valence-electron chi connectivity index (χ3n) is 6.81. The van der Waals surface area contributed by atoms with E-state index in [2.05, 4.69) is 10.4 Å². The first kappa shape index (κ1) is 23.8. The molecule has 1 unspecified atom stereocenters.